The Hall–Kier alpha value is -2.71. The van der Waals surface area contributed by atoms with Crippen LogP contribution >= 0.6 is 0 Å². The van der Waals surface area contributed by atoms with Crippen LogP contribution in [0, 0.1) is 5.41 Å². The van der Waals surface area contributed by atoms with Gasteiger partial charge in [-0.05, 0) is 0 Å². The zero-order valence-electron chi connectivity index (χ0n) is 10.4. The average Bonchev–Trinajstić information content (AvgIpc) is 2.87. The van der Waals surface area contributed by atoms with E-state index in [1.54, 1.807) is 0 Å². The van der Waals surface area contributed by atoms with Crippen LogP contribution in [0.25, 0.3) is 0 Å². The Morgan fingerprint density at radius 3 is 2.63 bits per heavy atom. The predicted molar refractivity (Wildman–Crippen MR) is 65.4 cm³/mol. The highest BCUT2D eigenvalue weighted by atomic mass is 16.3. The lowest BCUT2D eigenvalue weighted by Crippen LogP contribution is -2.40. The van der Waals surface area contributed by atoms with Crippen molar-refractivity contribution in [1.29, 1.82) is 5.41 Å². The van der Waals surface area contributed by atoms with Crippen molar-refractivity contribution in [2.45, 2.75) is 6.54 Å². The van der Waals surface area contributed by atoms with Crippen molar-refractivity contribution < 1.29 is 5.11 Å². The molecule has 0 unspecified atom stereocenters. The van der Waals surface area contributed by atoms with E-state index in [4.69, 9.17) is 5.41 Å². The maximum absolute atomic E-state index is 11.9. The van der Waals surface area contributed by atoms with Gasteiger partial charge >= 0.3 is 5.69 Å². The van der Waals surface area contributed by atoms with Crippen LogP contribution in [0.4, 0.5) is 0 Å². The third kappa shape index (κ3) is 2.05. The minimum atomic E-state index is -0.717. The molecule has 2 aromatic rings. The standard InChI is InChI=1S/C10H12N6O3/c1-14-8(17)7(9(18)15(2)10(14)19)6(11)3-16-5-12-4-13-16/h4-5,11,17H,3H2,1-2H3. The second-order valence-corrected chi connectivity index (χ2v) is 3.98. The Kier molecular flexibility index (Phi) is 3.03. The molecule has 2 heterocycles. The first-order valence-electron chi connectivity index (χ1n) is 5.32. The van der Waals surface area contributed by atoms with Crippen molar-refractivity contribution in [3.05, 3.63) is 39.1 Å². The molecule has 0 atom stereocenters. The summed E-state index contributed by atoms with van der Waals surface area (Å²) in [6.45, 7) is -0.0268. The monoisotopic (exact) mass is 264 g/mol. The van der Waals surface area contributed by atoms with E-state index in [-0.39, 0.29) is 17.8 Å². The van der Waals surface area contributed by atoms with Crippen LogP contribution in [0.15, 0.2) is 22.2 Å². The molecule has 2 N–H and O–H groups in total. The third-order valence-corrected chi connectivity index (χ3v) is 2.72. The second-order valence-electron chi connectivity index (χ2n) is 3.98. The average molecular weight is 264 g/mol. The SMILES string of the molecule is Cn1c(O)c(C(=N)Cn2cncn2)c(=O)n(C)c1=O. The molecule has 0 aliphatic carbocycles. The summed E-state index contributed by atoms with van der Waals surface area (Å²) in [5.74, 6) is -0.529. The van der Waals surface area contributed by atoms with Crippen LogP contribution in [-0.2, 0) is 20.6 Å². The molecular weight excluding hydrogens is 252 g/mol. The normalized spacial score (nSPS) is 10.6. The van der Waals surface area contributed by atoms with E-state index in [0.29, 0.717) is 0 Å². The lowest BCUT2D eigenvalue weighted by Gasteiger charge is -2.10. The predicted octanol–water partition coefficient (Wildman–Crippen LogP) is -1.55. The lowest BCUT2D eigenvalue weighted by molar-refractivity contribution is 0.409. The fraction of sp³-hybridized carbons (Fsp3) is 0.300. The highest BCUT2D eigenvalue weighted by Crippen LogP contribution is 2.10. The van der Waals surface area contributed by atoms with E-state index in [0.717, 1.165) is 9.13 Å². The maximum atomic E-state index is 11.9. The highest BCUT2D eigenvalue weighted by Gasteiger charge is 2.19. The first-order valence-corrected chi connectivity index (χ1v) is 5.32. The first kappa shape index (κ1) is 12.7. The largest absolute Gasteiger partial charge is 0.494 e. The molecule has 19 heavy (non-hydrogen) atoms. The Morgan fingerprint density at radius 2 is 2.05 bits per heavy atom. The van der Waals surface area contributed by atoms with E-state index in [9.17, 15) is 14.7 Å². The van der Waals surface area contributed by atoms with Crippen LogP contribution in [0.1, 0.15) is 5.56 Å². The Balaban J connectivity index is 2.54. The molecule has 0 amide bonds. The van der Waals surface area contributed by atoms with Gasteiger partial charge in [0, 0.05) is 14.1 Å². The Bertz CT molecular complexity index is 740. The molecule has 100 valence electrons. The zero-order valence-corrected chi connectivity index (χ0v) is 10.4. The molecule has 2 rings (SSSR count). The smallest absolute Gasteiger partial charge is 0.333 e. The first-order chi connectivity index (χ1) is 8.93. The van der Waals surface area contributed by atoms with Gasteiger partial charge in [0.1, 0.15) is 18.2 Å². The molecule has 9 heteroatoms. The van der Waals surface area contributed by atoms with Gasteiger partial charge in [-0.15, -0.1) is 0 Å². The molecule has 0 saturated carbocycles. The molecule has 2 aromatic heterocycles. The van der Waals surface area contributed by atoms with Crippen molar-refractivity contribution in [2.24, 2.45) is 14.1 Å². The molecule has 0 radical (unpaired) electrons. The summed E-state index contributed by atoms with van der Waals surface area (Å²) in [7, 11) is 2.61. The van der Waals surface area contributed by atoms with Crippen LogP contribution in [-0.4, -0.2) is 34.7 Å². The van der Waals surface area contributed by atoms with Crippen LogP contribution in [0.3, 0.4) is 0 Å². The topological polar surface area (TPSA) is 119 Å². The molecule has 9 nitrogen and oxygen atoms in total. The van der Waals surface area contributed by atoms with E-state index in [2.05, 4.69) is 10.1 Å². The number of nitrogens with zero attached hydrogens (tertiary/aromatic N) is 5. The van der Waals surface area contributed by atoms with Gasteiger partial charge < -0.3 is 10.5 Å². The fourth-order valence-electron chi connectivity index (χ4n) is 1.65. The Labute approximate surface area is 106 Å². The van der Waals surface area contributed by atoms with Crippen molar-refractivity contribution in [3.8, 4) is 5.88 Å². The van der Waals surface area contributed by atoms with Crippen molar-refractivity contribution >= 4 is 5.71 Å². The third-order valence-electron chi connectivity index (χ3n) is 2.72. The van der Waals surface area contributed by atoms with Gasteiger partial charge in [-0.3, -0.25) is 13.9 Å². The summed E-state index contributed by atoms with van der Waals surface area (Å²) < 4.78 is 3.09. The number of rotatable bonds is 3. The number of hydrogen-bond acceptors (Lipinski definition) is 6. The van der Waals surface area contributed by atoms with Crippen molar-refractivity contribution in [3.63, 3.8) is 0 Å². The molecule has 0 aliphatic rings. The number of aromatic nitrogens is 5. The van der Waals surface area contributed by atoms with E-state index < -0.39 is 17.1 Å². The molecule has 0 fully saturated rings. The number of hydrogen-bond donors (Lipinski definition) is 2. The van der Waals surface area contributed by atoms with Crippen LogP contribution in [0.2, 0.25) is 0 Å². The lowest BCUT2D eigenvalue weighted by atomic mass is 10.2. The molecular formula is C10H12N6O3. The summed E-state index contributed by atoms with van der Waals surface area (Å²) in [5.41, 5.74) is -1.75. The maximum Gasteiger partial charge on any atom is 0.333 e. The van der Waals surface area contributed by atoms with E-state index in [1.807, 2.05) is 0 Å². The number of nitrogens with one attached hydrogen (secondary N) is 1. The molecule has 0 bridgehead atoms. The van der Waals surface area contributed by atoms with Gasteiger partial charge in [0.15, 0.2) is 0 Å². The molecule has 0 aliphatic heterocycles. The van der Waals surface area contributed by atoms with E-state index in [1.165, 1.54) is 31.4 Å². The Morgan fingerprint density at radius 1 is 1.37 bits per heavy atom. The van der Waals surface area contributed by atoms with Gasteiger partial charge in [-0.25, -0.2) is 14.5 Å². The highest BCUT2D eigenvalue weighted by molar-refractivity contribution is 5.99. The summed E-state index contributed by atoms with van der Waals surface area (Å²) in [5, 5.41) is 21.5. The van der Waals surface area contributed by atoms with E-state index >= 15 is 0 Å². The quantitative estimate of drug-likeness (QED) is 0.650. The molecule has 0 aromatic carbocycles. The van der Waals surface area contributed by atoms with Gasteiger partial charge in [-0.1, -0.05) is 0 Å². The minimum Gasteiger partial charge on any atom is -0.494 e. The van der Waals surface area contributed by atoms with Gasteiger partial charge in [-0.2, -0.15) is 5.10 Å². The van der Waals surface area contributed by atoms with Crippen molar-refractivity contribution in [1.82, 2.24) is 23.9 Å². The fourth-order valence-corrected chi connectivity index (χ4v) is 1.65. The minimum absolute atomic E-state index is 0.0268. The van der Waals surface area contributed by atoms with Gasteiger partial charge in [0.2, 0.25) is 5.88 Å². The zero-order chi connectivity index (χ0) is 14.2. The second kappa shape index (κ2) is 4.52. The van der Waals surface area contributed by atoms with Gasteiger partial charge in [0.05, 0.1) is 12.3 Å². The van der Waals surface area contributed by atoms with Crippen LogP contribution in [0.5, 0.6) is 5.88 Å². The number of aromatic hydroxyl groups is 1. The molecule has 0 saturated heterocycles. The summed E-state index contributed by atoms with van der Waals surface area (Å²) in [6.07, 6.45) is 2.68. The van der Waals surface area contributed by atoms with Crippen LogP contribution < -0.4 is 11.2 Å². The summed E-state index contributed by atoms with van der Waals surface area (Å²) in [4.78, 5) is 27.2. The van der Waals surface area contributed by atoms with Crippen molar-refractivity contribution in [2.75, 3.05) is 0 Å². The summed E-state index contributed by atoms with van der Waals surface area (Å²) in [6, 6.07) is 0. The summed E-state index contributed by atoms with van der Waals surface area (Å²) >= 11 is 0. The molecule has 0 spiro atoms. The van der Waals surface area contributed by atoms with Gasteiger partial charge in [0.25, 0.3) is 5.56 Å².